The molecule has 51 heavy (non-hydrogen) atoms. The van der Waals surface area contributed by atoms with Crippen LogP contribution in [0.15, 0.2) is 186 Å². The molecule has 3 nitrogen and oxygen atoms in total. The minimum Gasteiger partial charge on any atom is -0.256 e. The molecule has 0 saturated carbocycles. The molecular weight excluding hydrogens is 619 g/mol. The molecule has 0 saturated heterocycles. The van der Waals surface area contributed by atoms with Gasteiger partial charge in [0.05, 0.1) is 16.9 Å². The second kappa shape index (κ2) is 13.1. The van der Waals surface area contributed by atoms with Crippen LogP contribution in [0.1, 0.15) is 36.5 Å². The number of aliphatic imine (C=N–C) groups is 2. The van der Waals surface area contributed by atoms with E-state index >= 15 is 0 Å². The number of benzene rings is 7. The third-order valence-electron chi connectivity index (χ3n) is 10.0. The van der Waals surface area contributed by atoms with E-state index in [1.807, 2.05) is 6.20 Å². The second-order valence-corrected chi connectivity index (χ2v) is 13.2. The van der Waals surface area contributed by atoms with Gasteiger partial charge in [0.1, 0.15) is 0 Å². The van der Waals surface area contributed by atoms with E-state index in [1.165, 1.54) is 43.8 Å². The minimum atomic E-state index is 0.720. The predicted molar refractivity (Wildman–Crippen MR) is 215 cm³/mol. The van der Waals surface area contributed by atoms with Crippen LogP contribution in [0.2, 0.25) is 0 Å². The van der Waals surface area contributed by atoms with Gasteiger partial charge in [0.25, 0.3) is 0 Å². The summed E-state index contributed by atoms with van der Waals surface area (Å²) in [5, 5.41) is 5.97. The van der Waals surface area contributed by atoms with Crippen molar-refractivity contribution in [1.82, 2.24) is 4.98 Å². The fraction of sp³-hybridized carbons (Fsp3) is 0.0625. The fourth-order valence-electron chi connectivity index (χ4n) is 7.35. The van der Waals surface area contributed by atoms with Gasteiger partial charge in [-0.1, -0.05) is 152 Å². The van der Waals surface area contributed by atoms with Gasteiger partial charge < -0.3 is 0 Å². The summed E-state index contributed by atoms with van der Waals surface area (Å²) in [5.74, 6) is 0.720. The molecule has 0 fully saturated rings. The maximum atomic E-state index is 5.37. The summed E-state index contributed by atoms with van der Waals surface area (Å²) in [7, 11) is 0. The Morgan fingerprint density at radius 2 is 1.12 bits per heavy atom. The second-order valence-electron chi connectivity index (χ2n) is 13.2. The van der Waals surface area contributed by atoms with E-state index in [2.05, 4.69) is 171 Å². The molecule has 0 radical (unpaired) electrons. The smallest absolute Gasteiger partial charge is 0.160 e. The zero-order valence-electron chi connectivity index (χ0n) is 28.4. The van der Waals surface area contributed by atoms with E-state index in [9.17, 15) is 0 Å². The molecule has 9 rings (SSSR count). The summed E-state index contributed by atoms with van der Waals surface area (Å²) >= 11 is 0. The lowest BCUT2D eigenvalue weighted by Gasteiger charge is -2.17. The molecular formula is C48H35N3. The Balaban J connectivity index is 1.18. The highest BCUT2D eigenvalue weighted by molar-refractivity contribution is 6.23. The monoisotopic (exact) mass is 653 g/mol. The molecule has 0 N–H and O–H groups in total. The molecule has 1 aromatic heterocycles. The van der Waals surface area contributed by atoms with Crippen LogP contribution in [0.5, 0.6) is 0 Å². The molecule has 7 aromatic carbocycles. The number of hydrogen-bond donors (Lipinski definition) is 0. The van der Waals surface area contributed by atoms with Crippen LogP contribution in [0, 0.1) is 0 Å². The summed E-state index contributed by atoms with van der Waals surface area (Å²) in [5.41, 5.74) is 12.2. The molecule has 242 valence electrons. The summed E-state index contributed by atoms with van der Waals surface area (Å²) < 4.78 is 0. The van der Waals surface area contributed by atoms with Gasteiger partial charge in [-0.3, -0.25) is 4.98 Å². The SMILES string of the molecule is C\C1=C(c2ccccc2)/N=C(c2ccc(-c3cccc4cnc5ccc6ccccc6c5c34)cc2)\N=C(\c2cccc(-c3ccccc3)c2)CC1. The van der Waals surface area contributed by atoms with Gasteiger partial charge >= 0.3 is 0 Å². The number of hydrogen-bond acceptors (Lipinski definition) is 3. The Morgan fingerprint density at radius 3 is 1.94 bits per heavy atom. The first kappa shape index (κ1) is 30.6. The molecule has 3 heteroatoms. The highest BCUT2D eigenvalue weighted by atomic mass is 14.9. The lowest BCUT2D eigenvalue weighted by Crippen LogP contribution is -2.10. The van der Waals surface area contributed by atoms with Crippen molar-refractivity contribution in [3.63, 3.8) is 0 Å². The van der Waals surface area contributed by atoms with Crippen LogP contribution >= 0.6 is 0 Å². The standard InChI is InChI=1S/C48H35N3/c1-32-22-28-43(39-18-10-17-38(30-39)33-12-4-2-5-13-33)50-48(51-47(32)36-15-6-3-7-16-36)37-25-23-35(24-26-37)41-21-11-19-40-31-49-44-29-27-34-14-8-9-20-42(34)46(44)45(40)41/h2-21,23-27,29-31H,22,28H2,1H3/b47-32+,50-43+,51-48-. The van der Waals surface area contributed by atoms with Crippen molar-refractivity contribution in [1.29, 1.82) is 0 Å². The van der Waals surface area contributed by atoms with Gasteiger partial charge in [0, 0.05) is 33.5 Å². The van der Waals surface area contributed by atoms with E-state index in [0.29, 0.717) is 0 Å². The molecule has 0 bridgehead atoms. The number of rotatable bonds is 5. The van der Waals surface area contributed by atoms with Crippen LogP contribution < -0.4 is 0 Å². The number of allylic oxidation sites excluding steroid dienone is 1. The van der Waals surface area contributed by atoms with Crippen molar-refractivity contribution in [2.75, 3.05) is 0 Å². The van der Waals surface area contributed by atoms with Crippen LogP contribution in [-0.2, 0) is 0 Å². The largest absolute Gasteiger partial charge is 0.256 e. The lowest BCUT2D eigenvalue weighted by atomic mass is 9.93. The summed E-state index contributed by atoms with van der Waals surface area (Å²) in [6.45, 7) is 2.21. The van der Waals surface area contributed by atoms with E-state index in [0.717, 1.165) is 63.2 Å². The molecule has 0 aliphatic carbocycles. The predicted octanol–water partition coefficient (Wildman–Crippen LogP) is 12.3. The zero-order chi connectivity index (χ0) is 34.1. The Morgan fingerprint density at radius 1 is 0.451 bits per heavy atom. The van der Waals surface area contributed by atoms with Crippen molar-refractivity contribution in [3.8, 4) is 22.3 Å². The highest BCUT2D eigenvalue weighted by Crippen LogP contribution is 2.37. The third-order valence-corrected chi connectivity index (χ3v) is 10.0. The Bertz CT molecular complexity index is 2660. The van der Waals surface area contributed by atoms with Crippen LogP contribution in [0.4, 0.5) is 0 Å². The van der Waals surface area contributed by atoms with Gasteiger partial charge in [-0.25, -0.2) is 9.98 Å². The lowest BCUT2D eigenvalue weighted by molar-refractivity contribution is 1.00. The molecule has 8 aromatic rings. The van der Waals surface area contributed by atoms with Crippen molar-refractivity contribution < 1.29 is 0 Å². The molecule has 0 atom stereocenters. The molecule has 2 heterocycles. The van der Waals surface area contributed by atoms with Crippen molar-refractivity contribution in [2.24, 2.45) is 9.98 Å². The van der Waals surface area contributed by atoms with E-state index in [-0.39, 0.29) is 0 Å². The topological polar surface area (TPSA) is 37.6 Å². The van der Waals surface area contributed by atoms with E-state index in [1.54, 1.807) is 0 Å². The number of amidine groups is 1. The number of pyridine rings is 1. The quantitative estimate of drug-likeness (QED) is 0.170. The molecule has 0 amide bonds. The van der Waals surface area contributed by atoms with Crippen LogP contribution in [-0.4, -0.2) is 16.5 Å². The highest BCUT2D eigenvalue weighted by Gasteiger charge is 2.17. The average Bonchev–Trinajstić information content (AvgIpc) is 3.20. The van der Waals surface area contributed by atoms with E-state index in [4.69, 9.17) is 15.0 Å². The Kier molecular flexibility index (Phi) is 7.87. The van der Waals surface area contributed by atoms with E-state index < -0.39 is 0 Å². The van der Waals surface area contributed by atoms with Gasteiger partial charge in [0.2, 0.25) is 0 Å². The molecule has 1 aliphatic rings. The van der Waals surface area contributed by atoms with Crippen LogP contribution in [0.25, 0.3) is 60.4 Å². The summed E-state index contributed by atoms with van der Waals surface area (Å²) in [4.78, 5) is 15.6. The van der Waals surface area contributed by atoms with Crippen molar-refractivity contribution in [2.45, 2.75) is 19.8 Å². The fourth-order valence-corrected chi connectivity index (χ4v) is 7.35. The maximum absolute atomic E-state index is 5.37. The third kappa shape index (κ3) is 5.83. The van der Waals surface area contributed by atoms with Crippen LogP contribution in [0.3, 0.4) is 0 Å². The normalized spacial score (nSPS) is 17.0. The molecule has 0 unspecified atom stereocenters. The van der Waals surface area contributed by atoms with Crippen molar-refractivity contribution in [3.05, 3.63) is 192 Å². The molecule has 1 aliphatic heterocycles. The number of aromatic nitrogens is 1. The maximum Gasteiger partial charge on any atom is 0.160 e. The first-order valence-corrected chi connectivity index (χ1v) is 17.6. The zero-order valence-corrected chi connectivity index (χ0v) is 28.4. The first-order chi connectivity index (χ1) is 25.2. The van der Waals surface area contributed by atoms with Gasteiger partial charge in [-0.05, 0) is 76.1 Å². The van der Waals surface area contributed by atoms with Crippen molar-refractivity contribution >= 4 is 49.7 Å². The average molecular weight is 654 g/mol. The summed E-state index contributed by atoms with van der Waals surface area (Å²) in [6.07, 6.45) is 3.70. The van der Waals surface area contributed by atoms with Gasteiger partial charge in [-0.2, -0.15) is 0 Å². The minimum absolute atomic E-state index is 0.720. The number of nitrogens with zero attached hydrogens (tertiary/aromatic N) is 3. The molecule has 0 spiro atoms. The number of fused-ring (bicyclic) bond motifs is 5. The Hall–Kier alpha value is -6.45. The summed E-state index contributed by atoms with van der Waals surface area (Å²) in [6, 6.07) is 58.0. The first-order valence-electron chi connectivity index (χ1n) is 17.6. The van der Waals surface area contributed by atoms with Gasteiger partial charge in [0.15, 0.2) is 5.84 Å². The Labute approximate surface area is 298 Å². The van der Waals surface area contributed by atoms with Gasteiger partial charge in [-0.15, -0.1) is 0 Å².